The van der Waals surface area contributed by atoms with Gasteiger partial charge in [-0.2, -0.15) is 20.3 Å². The largest absolute Gasteiger partial charge is 0.507 e. The van der Waals surface area contributed by atoms with Crippen LogP contribution in [-0.2, 0) is 0 Å². The molecule has 4 rings (SSSR count). The number of piperidine rings is 1. The summed E-state index contributed by atoms with van der Waals surface area (Å²) in [7, 11) is 0. The van der Waals surface area contributed by atoms with Crippen LogP contribution in [0.25, 0.3) is 5.69 Å². The number of ether oxygens (including phenoxy) is 1. The third-order valence-corrected chi connectivity index (χ3v) is 5.78. The van der Waals surface area contributed by atoms with E-state index in [9.17, 15) is 15.2 Å². The molecule has 0 spiro atoms. The van der Waals surface area contributed by atoms with Gasteiger partial charge in [-0.15, -0.1) is 0 Å². The van der Waals surface area contributed by atoms with Crippen molar-refractivity contribution in [2.24, 2.45) is 0 Å². The van der Waals surface area contributed by atoms with E-state index in [0.29, 0.717) is 17.8 Å². The number of aryl methyl sites for hydroxylation is 1. The third kappa shape index (κ3) is 3.99. The Labute approximate surface area is 185 Å². The number of carbonyl (C=O) groups excluding carboxylic acids is 1. The fourth-order valence-corrected chi connectivity index (χ4v) is 4.08. The van der Waals surface area contributed by atoms with Gasteiger partial charge in [0.2, 0.25) is 5.88 Å². The van der Waals surface area contributed by atoms with E-state index < -0.39 is 0 Å². The number of nitriles is 1. The SMILES string of the molecule is CC[C@@H]1CC[C@@H](Oc2nccc(C)c2C#N)CN1C(=O)c1c(O)cccc1-n1nccn1. The Morgan fingerprint density at radius 2 is 2.03 bits per heavy atom. The zero-order valence-corrected chi connectivity index (χ0v) is 18.0. The van der Waals surface area contributed by atoms with Crippen molar-refractivity contribution >= 4 is 5.91 Å². The summed E-state index contributed by atoms with van der Waals surface area (Å²) in [6, 6.07) is 8.74. The van der Waals surface area contributed by atoms with Gasteiger partial charge in [0, 0.05) is 12.2 Å². The molecule has 0 bridgehead atoms. The first-order valence-corrected chi connectivity index (χ1v) is 10.6. The Hall–Kier alpha value is -3.93. The molecule has 1 saturated heterocycles. The topological polar surface area (TPSA) is 117 Å². The fraction of sp³-hybridized carbons (Fsp3) is 0.348. The number of benzene rings is 1. The second-order valence-corrected chi connectivity index (χ2v) is 7.75. The molecule has 0 saturated carbocycles. The van der Waals surface area contributed by atoms with E-state index in [-0.39, 0.29) is 35.2 Å². The van der Waals surface area contributed by atoms with Crippen LogP contribution >= 0.6 is 0 Å². The maximum Gasteiger partial charge on any atom is 0.260 e. The first-order chi connectivity index (χ1) is 15.5. The quantitative estimate of drug-likeness (QED) is 0.658. The number of amides is 1. The summed E-state index contributed by atoms with van der Waals surface area (Å²) in [6.07, 6.45) is 6.56. The molecule has 1 N–H and O–H groups in total. The average Bonchev–Trinajstić information content (AvgIpc) is 3.33. The molecule has 9 heteroatoms. The number of phenols is 1. The van der Waals surface area contributed by atoms with Crippen molar-refractivity contribution in [3.63, 3.8) is 0 Å². The molecule has 0 aliphatic carbocycles. The van der Waals surface area contributed by atoms with Gasteiger partial charge in [-0.1, -0.05) is 13.0 Å². The lowest BCUT2D eigenvalue weighted by Crippen LogP contribution is -2.50. The van der Waals surface area contributed by atoms with Crippen LogP contribution in [0.5, 0.6) is 11.6 Å². The van der Waals surface area contributed by atoms with Crippen LogP contribution in [0, 0.1) is 18.3 Å². The van der Waals surface area contributed by atoms with Gasteiger partial charge in [-0.05, 0) is 49.9 Å². The van der Waals surface area contributed by atoms with E-state index >= 15 is 0 Å². The van der Waals surface area contributed by atoms with Crippen LogP contribution in [-0.4, -0.2) is 54.6 Å². The van der Waals surface area contributed by atoms with Crippen LogP contribution in [0.2, 0.25) is 0 Å². The zero-order valence-electron chi connectivity index (χ0n) is 18.0. The van der Waals surface area contributed by atoms with Crippen molar-refractivity contribution in [3.8, 4) is 23.4 Å². The van der Waals surface area contributed by atoms with Crippen molar-refractivity contribution in [3.05, 3.63) is 59.5 Å². The van der Waals surface area contributed by atoms with E-state index in [0.717, 1.165) is 24.8 Å². The Morgan fingerprint density at radius 3 is 2.75 bits per heavy atom. The maximum absolute atomic E-state index is 13.7. The van der Waals surface area contributed by atoms with Crippen molar-refractivity contribution < 1.29 is 14.6 Å². The second kappa shape index (κ2) is 9.06. The summed E-state index contributed by atoms with van der Waals surface area (Å²) in [5.74, 6) is -0.160. The van der Waals surface area contributed by atoms with Gasteiger partial charge in [0.15, 0.2) is 0 Å². The van der Waals surface area contributed by atoms with Crippen molar-refractivity contribution in [2.75, 3.05) is 6.54 Å². The van der Waals surface area contributed by atoms with E-state index in [1.807, 2.05) is 13.8 Å². The van der Waals surface area contributed by atoms with Crippen molar-refractivity contribution in [1.29, 1.82) is 5.26 Å². The first kappa shape index (κ1) is 21.3. The van der Waals surface area contributed by atoms with E-state index in [2.05, 4.69) is 21.3 Å². The van der Waals surface area contributed by atoms with Gasteiger partial charge < -0.3 is 14.7 Å². The van der Waals surface area contributed by atoms with Gasteiger partial charge in [-0.25, -0.2) is 4.98 Å². The predicted molar refractivity (Wildman–Crippen MR) is 115 cm³/mol. The van der Waals surface area contributed by atoms with E-state index in [1.54, 1.807) is 29.3 Å². The molecule has 1 aromatic carbocycles. The summed E-state index contributed by atoms with van der Waals surface area (Å²) < 4.78 is 6.08. The molecule has 3 heterocycles. The molecule has 1 aliphatic heterocycles. The standard InChI is InChI=1S/C23H24N6O3/c1-3-16-7-8-17(32-22-18(13-24)15(2)9-10-25-22)14-28(16)23(31)21-19(5-4-6-20(21)30)29-26-11-12-27-29/h4-6,9-12,16-17,30H,3,7-8,14H2,1-2H3/t16-,17-/m1/s1. The smallest absolute Gasteiger partial charge is 0.260 e. The summed E-state index contributed by atoms with van der Waals surface area (Å²) in [5, 5.41) is 28.3. The number of aromatic hydroxyl groups is 1. The number of pyridine rings is 1. The number of hydrogen-bond acceptors (Lipinski definition) is 7. The second-order valence-electron chi connectivity index (χ2n) is 7.75. The minimum atomic E-state index is -0.319. The van der Waals surface area contributed by atoms with Crippen LogP contribution in [0.1, 0.15) is 47.7 Å². The van der Waals surface area contributed by atoms with Gasteiger partial charge >= 0.3 is 0 Å². The minimum Gasteiger partial charge on any atom is -0.507 e. The van der Waals surface area contributed by atoms with Gasteiger partial charge in [-0.3, -0.25) is 4.79 Å². The highest BCUT2D eigenvalue weighted by molar-refractivity contribution is 6.00. The molecule has 0 unspecified atom stereocenters. The number of likely N-dealkylation sites (tertiary alicyclic amines) is 1. The van der Waals surface area contributed by atoms with Crippen molar-refractivity contribution in [2.45, 2.75) is 45.3 Å². The molecule has 32 heavy (non-hydrogen) atoms. The number of rotatable bonds is 5. The van der Waals surface area contributed by atoms with Gasteiger partial charge in [0.25, 0.3) is 5.91 Å². The molecule has 164 valence electrons. The molecule has 1 aliphatic rings. The summed E-state index contributed by atoms with van der Waals surface area (Å²) in [6.45, 7) is 4.18. The molecule has 9 nitrogen and oxygen atoms in total. The zero-order chi connectivity index (χ0) is 22.7. The molecular formula is C23H24N6O3. The van der Waals surface area contributed by atoms with Crippen LogP contribution in [0.15, 0.2) is 42.9 Å². The molecular weight excluding hydrogens is 408 g/mol. The molecule has 0 radical (unpaired) electrons. The Bertz CT molecular complexity index is 1160. The fourth-order valence-electron chi connectivity index (χ4n) is 4.08. The monoisotopic (exact) mass is 432 g/mol. The Morgan fingerprint density at radius 1 is 1.25 bits per heavy atom. The molecule has 2 atom stereocenters. The highest BCUT2D eigenvalue weighted by atomic mass is 16.5. The van der Waals surface area contributed by atoms with Crippen LogP contribution < -0.4 is 4.74 Å². The van der Waals surface area contributed by atoms with Gasteiger partial charge in [0.05, 0.1) is 18.9 Å². The molecule has 2 aromatic heterocycles. The third-order valence-electron chi connectivity index (χ3n) is 5.78. The average molecular weight is 432 g/mol. The molecule has 3 aromatic rings. The van der Waals surface area contributed by atoms with E-state index in [4.69, 9.17) is 4.74 Å². The van der Waals surface area contributed by atoms with Crippen LogP contribution in [0.4, 0.5) is 0 Å². The number of nitrogens with zero attached hydrogens (tertiary/aromatic N) is 6. The van der Waals surface area contributed by atoms with Gasteiger partial charge in [0.1, 0.15) is 34.7 Å². The number of phenolic OH excluding ortho intramolecular Hbond substituents is 1. The lowest BCUT2D eigenvalue weighted by Gasteiger charge is -2.39. The number of hydrogen-bond donors (Lipinski definition) is 1. The predicted octanol–water partition coefficient (Wildman–Crippen LogP) is 3.01. The lowest BCUT2D eigenvalue weighted by atomic mass is 9.96. The Kier molecular flexibility index (Phi) is 6.03. The number of carbonyl (C=O) groups is 1. The summed E-state index contributed by atoms with van der Waals surface area (Å²) in [5.41, 5.74) is 1.74. The number of aromatic nitrogens is 4. The maximum atomic E-state index is 13.7. The summed E-state index contributed by atoms with van der Waals surface area (Å²) >= 11 is 0. The highest BCUT2D eigenvalue weighted by Gasteiger charge is 2.35. The summed E-state index contributed by atoms with van der Waals surface area (Å²) in [4.78, 5) is 20.9. The normalized spacial score (nSPS) is 18.2. The minimum absolute atomic E-state index is 0.00120. The molecule has 1 fully saturated rings. The van der Waals surface area contributed by atoms with Crippen LogP contribution in [0.3, 0.4) is 0 Å². The lowest BCUT2D eigenvalue weighted by molar-refractivity contribution is 0.0327. The van der Waals surface area contributed by atoms with E-state index in [1.165, 1.54) is 23.3 Å². The Balaban J connectivity index is 1.64. The van der Waals surface area contributed by atoms with Crippen molar-refractivity contribution in [1.82, 2.24) is 24.9 Å². The first-order valence-electron chi connectivity index (χ1n) is 10.6. The molecule has 1 amide bonds. The highest BCUT2D eigenvalue weighted by Crippen LogP contribution is 2.31.